The van der Waals surface area contributed by atoms with Crippen LogP contribution in [0.1, 0.15) is 25.0 Å². The van der Waals surface area contributed by atoms with E-state index in [0.717, 1.165) is 0 Å². The highest BCUT2D eigenvalue weighted by Gasteiger charge is 2.35. The van der Waals surface area contributed by atoms with Gasteiger partial charge in [-0.3, -0.25) is 0 Å². The van der Waals surface area contributed by atoms with Crippen molar-refractivity contribution in [3.8, 4) is 16.8 Å². The molecule has 1 aliphatic carbocycles. The van der Waals surface area contributed by atoms with Gasteiger partial charge in [0, 0.05) is 27.1 Å². The van der Waals surface area contributed by atoms with Crippen LogP contribution in [0.15, 0.2) is 115 Å². The van der Waals surface area contributed by atoms with Crippen LogP contribution in [0.25, 0.3) is 60.2 Å². The molecule has 0 radical (unpaired) electrons. The number of nitrogens with zero attached hydrogens (tertiary/aromatic N) is 1. The fourth-order valence-corrected chi connectivity index (χ4v) is 6.73. The molecule has 0 saturated heterocycles. The fourth-order valence-electron chi connectivity index (χ4n) is 6.73. The Morgan fingerprint density at radius 3 is 2.14 bits per heavy atom. The van der Waals surface area contributed by atoms with E-state index in [4.69, 9.17) is 0 Å². The second-order valence-electron chi connectivity index (χ2n) is 10.6. The molecule has 0 aliphatic heterocycles. The number of rotatable bonds is 1. The first kappa shape index (κ1) is 19.9. The largest absolute Gasteiger partial charge is 0.308 e. The standard InChI is InChI=1S/C35H25N/c1-35(2)28-17-7-5-16-26(28)33-32-23(13-9-18-29(32)35)21-27-25-15-6-8-19-31(25)36(34(27)33)30-20-10-12-22-11-3-4-14-24(22)30/h3-21H,1-2H3. The predicted molar refractivity (Wildman–Crippen MR) is 153 cm³/mol. The number of para-hydroxylation sites is 1. The van der Waals surface area contributed by atoms with E-state index in [9.17, 15) is 0 Å². The summed E-state index contributed by atoms with van der Waals surface area (Å²) in [7, 11) is 0. The quantitative estimate of drug-likeness (QED) is 0.230. The van der Waals surface area contributed by atoms with Crippen LogP contribution in [-0.2, 0) is 5.41 Å². The third-order valence-electron chi connectivity index (χ3n) is 8.35. The van der Waals surface area contributed by atoms with Crippen molar-refractivity contribution in [2.24, 2.45) is 0 Å². The third-order valence-corrected chi connectivity index (χ3v) is 8.35. The molecular formula is C35H25N. The molecule has 1 heteroatoms. The van der Waals surface area contributed by atoms with Crippen molar-refractivity contribution in [1.29, 1.82) is 0 Å². The molecule has 0 bridgehead atoms. The summed E-state index contributed by atoms with van der Waals surface area (Å²) in [6, 6.07) is 42.6. The first-order valence-corrected chi connectivity index (χ1v) is 12.7. The van der Waals surface area contributed by atoms with Crippen molar-refractivity contribution in [3.05, 3.63) is 126 Å². The minimum Gasteiger partial charge on any atom is -0.308 e. The fraction of sp³-hybridized carbons (Fsp3) is 0.0857. The van der Waals surface area contributed by atoms with E-state index < -0.39 is 0 Å². The summed E-state index contributed by atoms with van der Waals surface area (Å²) in [5.74, 6) is 0. The Balaban J connectivity index is 1.70. The van der Waals surface area contributed by atoms with E-state index in [2.05, 4.69) is 134 Å². The second kappa shape index (κ2) is 6.86. The van der Waals surface area contributed by atoms with Crippen molar-refractivity contribution in [2.75, 3.05) is 0 Å². The van der Waals surface area contributed by atoms with E-state index in [1.54, 1.807) is 0 Å². The van der Waals surface area contributed by atoms with Crippen molar-refractivity contribution in [3.63, 3.8) is 0 Å². The maximum absolute atomic E-state index is 2.52. The molecular weight excluding hydrogens is 434 g/mol. The highest BCUT2D eigenvalue weighted by atomic mass is 15.0. The van der Waals surface area contributed by atoms with Crippen LogP contribution in [0.2, 0.25) is 0 Å². The van der Waals surface area contributed by atoms with Crippen LogP contribution >= 0.6 is 0 Å². The molecule has 0 spiro atoms. The average molecular weight is 460 g/mol. The number of hydrogen-bond donors (Lipinski definition) is 0. The predicted octanol–water partition coefficient (Wildman–Crippen LogP) is 9.40. The summed E-state index contributed by atoms with van der Waals surface area (Å²) in [6.07, 6.45) is 0. The van der Waals surface area contributed by atoms with E-state index >= 15 is 0 Å². The Morgan fingerprint density at radius 2 is 1.22 bits per heavy atom. The smallest absolute Gasteiger partial charge is 0.0626 e. The minimum absolute atomic E-state index is 0.0624. The van der Waals surface area contributed by atoms with Gasteiger partial charge in [-0.15, -0.1) is 0 Å². The van der Waals surface area contributed by atoms with Crippen molar-refractivity contribution < 1.29 is 0 Å². The molecule has 0 amide bonds. The van der Waals surface area contributed by atoms with E-state index in [0.29, 0.717) is 0 Å². The zero-order valence-electron chi connectivity index (χ0n) is 20.4. The lowest BCUT2D eigenvalue weighted by molar-refractivity contribution is 0.645. The van der Waals surface area contributed by atoms with Crippen molar-refractivity contribution in [1.82, 2.24) is 4.57 Å². The van der Waals surface area contributed by atoms with Crippen LogP contribution in [0.3, 0.4) is 0 Å². The molecule has 0 unspecified atom stereocenters. The van der Waals surface area contributed by atoms with Gasteiger partial charge in [0.15, 0.2) is 0 Å². The van der Waals surface area contributed by atoms with E-state index in [1.165, 1.54) is 71.3 Å². The Morgan fingerprint density at radius 1 is 0.556 bits per heavy atom. The lowest BCUT2D eigenvalue weighted by Crippen LogP contribution is -2.23. The zero-order chi connectivity index (χ0) is 24.0. The minimum atomic E-state index is -0.0624. The van der Waals surface area contributed by atoms with E-state index in [-0.39, 0.29) is 5.41 Å². The van der Waals surface area contributed by atoms with Gasteiger partial charge < -0.3 is 4.57 Å². The highest BCUT2D eigenvalue weighted by Crippen LogP contribution is 2.52. The van der Waals surface area contributed by atoms with Crippen LogP contribution < -0.4 is 0 Å². The molecule has 8 rings (SSSR count). The topological polar surface area (TPSA) is 4.93 Å². The Bertz CT molecular complexity index is 2010. The van der Waals surface area contributed by atoms with Gasteiger partial charge in [-0.1, -0.05) is 111 Å². The number of aromatic nitrogens is 1. The molecule has 0 saturated carbocycles. The van der Waals surface area contributed by atoms with Crippen LogP contribution in [0.5, 0.6) is 0 Å². The first-order valence-electron chi connectivity index (χ1n) is 12.7. The zero-order valence-corrected chi connectivity index (χ0v) is 20.4. The first-order chi connectivity index (χ1) is 17.6. The molecule has 170 valence electrons. The second-order valence-corrected chi connectivity index (χ2v) is 10.6. The maximum atomic E-state index is 2.52. The normalized spacial score (nSPS) is 14.1. The van der Waals surface area contributed by atoms with Crippen LogP contribution in [0, 0.1) is 0 Å². The number of fused-ring (bicyclic) bond motifs is 7. The molecule has 0 N–H and O–H groups in total. The van der Waals surface area contributed by atoms with Gasteiger partial charge in [0.25, 0.3) is 0 Å². The SMILES string of the molecule is CC1(C)c2ccccc2-c2c3c1cccc3cc1c3ccccc3n(-c3cccc4ccccc34)c21. The summed E-state index contributed by atoms with van der Waals surface area (Å²) in [5.41, 5.74) is 9.23. The van der Waals surface area contributed by atoms with Gasteiger partial charge in [-0.25, -0.2) is 0 Å². The Labute approximate surface area is 210 Å². The van der Waals surface area contributed by atoms with Gasteiger partial charge in [0.05, 0.1) is 16.7 Å². The maximum Gasteiger partial charge on any atom is 0.0626 e. The molecule has 7 aromatic rings. The van der Waals surface area contributed by atoms with Crippen LogP contribution in [0.4, 0.5) is 0 Å². The van der Waals surface area contributed by atoms with Gasteiger partial charge in [-0.2, -0.15) is 0 Å². The molecule has 1 aliphatic rings. The summed E-state index contributed by atoms with van der Waals surface area (Å²) < 4.78 is 2.52. The summed E-state index contributed by atoms with van der Waals surface area (Å²) in [4.78, 5) is 0. The number of benzene rings is 6. The Kier molecular flexibility index (Phi) is 3.79. The molecule has 1 heterocycles. The summed E-state index contributed by atoms with van der Waals surface area (Å²) in [6.45, 7) is 4.74. The van der Waals surface area contributed by atoms with Gasteiger partial charge in [0.1, 0.15) is 0 Å². The molecule has 36 heavy (non-hydrogen) atoms. The average Bonchev–Trinajstić information content (AvgIpc) is 3.24. The molecule has 6 aromatic carbocycles. The number of hydrogen-bond acceptors (Lipinski definition) is 0. The monoisotopic (exact) mass is 459 g/mol. The highest BCUT2D eigenvalue weighted by molar-refractivity contribution is 6.23. The van der Waals surface area contributed by atoms with Crippen molar-refractivity contribution >= 4 is 43.4 Å². The van der Waals surface area contributed by atoms with Gasteiger partial charge >= 0.3 is 0 Å². The van der Waals surface area contributed by atoms with Crippen molar-refractivity contribution in [2.45, 2.75) is 19.3 Å². The lowest BCUT2D eigenvalue weighted by atomic mass is 9.68. The molecule has 0 atom stereocenters. The van der Waals surface area contributed by atoms with Crippen LogP contribution in [-0.4, -0.2) is 4.57 Å². The summed E-state index contributed by atoms with van der Waals surface area (Å²) in [5, 5.41) is 7.85. The Hall–Kier alpha value is -4.36. The van der Waals surface area contributed by atoms with E-state index in [1.807, 2.05) is 0 Å². The molecule has 1 nitrogen and oxygen atoms in total. The van der Waals surface area contributed by atoms with Gasteiger partial charge in [-0.05, 0) is 51.0 Å². The third kappa shape index (κ3) is 2.40. The molecule has 1 aromatic heterocycles. The lowest BCUT2D eigenvalue weighted by Gasteiger charge is -2.35. The van der Waals surface area contributed by atoms with Gasteiger partial charge in [0.2, 0.25) is 0 Å². The molecule has 0 fully saturated rings. The summed E-state index contributed by atoms with van der Waals surface area (Å²) >= 11 is 0.